The standard InChI is InChI=1S/C45H59Cl2O10P/c1-25(2)8-6-9-26(3)35-13-14-36-32-12-11-29-24-30(15-17-44(29,4)37(32)16-18-45(35,36)5)57-58(54,55)56-19-7-10-31(27-20-33(42(50)51)40(48)38(46)22-27)28-21-34(43(52)53)41(49)39(47)23-28/h10-11,20-23,25-26,30,32,35-37,48-49H,6-9,12-19,24H2,1-5H3,(H,50,51)(H,52,53)(H,54,55). The first kappa shape index (κ1) is 44.7. The van der Waals surface area contributed by atoms with Crippen LogP contribution in [0, 0.1) is 46.3 Å². The van der Waals surface area contributed by atoms with Crippen molar-refractivity contribution >= 4 is 48.5 Å². The summed E-state index contributed by atoms with van der Waals surface area (Å²) in [6.07, 6.45) is 15.8. The van der Waals surface area contributed by atoms with E-state index in [1.165, 1.54) is 68.7 Å². The smallest absolute Gasteiger partial charge is 0.472 e. The lowest BCUT2D eigenvalue weighted by Crippen LogP contribution is -2.51. The van der Waals surface area contributed by atoms with Crippen molar-refractivity contribution < 1.29 is 48.5 Å². The highest BCUT2D eigenvalue weighted by Crippen LogP contribution is 2.68. The quantitative estimate of drug-likeness (QED) is 0.0659. The number of aromatic hydroxyl groups is 2. The molecule has 9 unspecified atom stereocenters. The first-order valence-electron chi connectivity index (χ1n) is 20.8. The van der Waals surface area contributed by atoms with Gasteiger partial charge in [-0.1, -0.05) is 94.8 Å². The number of aromatic carboxylic acids is 2. The number of carboxylic acid groups (broad SMARTS) is 2. The van der Waals surface area contributed by atoms with Crippen LogP contribution in [0.3, 0.4) is 0 Å². The van der Waals surface area contributed by atoms with Gasteiger partial charge in [-0.3, -0.25) is 9.05 Å². The Kier molecular flexibility index (Phi) is 13.6. The van der Waals surface area contributed by atoms with Crippen molar-refractivity contribution in [2.24, 2.45) is 46.3 Å². The van der Waals surface area contributed by atoms with Gasteiger partial charge in [-0.05, 0) is 145 Å². The fourth-order valence-corrected chi connectivity index (χ4v) is 13.0. The number of benzene rings is 2. The molecule has 4 aliphatic carbocycles. The minimum atomic E-state index is -4.51. The van der Waals surface area contributed by atoms with Gasteiger partial charge in [-0.15, -0.1) is 0 Å². The Morgan fingerprint density at radius 1 is 0.897 bits per heavy atom. The van der Waals surface area contributed by atoms with Gasteiger partial charge in [0.25, 0.3) is 0 Å². The van der Waals surface area contributed by atoms with Gasteiger partial charge in [0.15, 0.2) is 0 Å². The second-order valence-corrected chi connectivity index (χ2v) is 20.5. The molecule has 318 valence electrons. The highest BCUT2D eigenvalue weighted by atomic mass is 35.5. The minimum absolute atomic E-state index is 0.000328. The minimum Gasteiger partial charge on any atom is -0.505 e. The molecule has 10 nitrogen and oxygen atoms in total. The molecule has 0 spiro atoms. The summed E-state index contributed by atoms with van der Waals surface area (Å²) < 4.78 is 24.6. The molecule has 3 saturated carbocycles. The van der Waals surface area contributed by atoms with Gasteiger partial charge in [0.1, 0.15) is 22.6 Å². The van der Waals surface area contributed by atoms with Gasteiger partial charge < -0.3 is 25.3 Å². The van der Waals surface area contributed by atoms with Crippen LogP contribution in [-0.4, -0.2) is 50.0 Å². The van der Waals surface area contributed by atoms with Gasteiger partial charge in [-0.25, -0.2) is 14.2 Å². The van der Waals surface area contributed by atoms with E-state index in [4.69, 9.17) is 32.2 Å². The molecule has 3 fully saturated rings. The number of hydrogen-bond donors (Lipinski definition) is 5. The zero-order chi connectivity index (χ0) is 42.3. The molecule has 58 heavy (non-hydrogen) atoms. The molecule has 0 aliphatic heterocycles. The largest absolute Gasteiger partial charge is 0.505 e. The predicted molar refractivity (Wildman–Crippen MR) is 226 cm³/mol. The number of phosphoric acid groups is 1. The first-order valence-corrected chi connectivity index (χ1v) is 23.1. The Balaban J connectivity index is 1.12. The van der Waals surface area contributed by atoms with E-state index < -0.39 is 48.5 Å². The lowest BCUT2D eigenvalue weighted by Gasteiger charge is -2.58. The summed E-state index contributed by atoms with van der Waals surface area (Å²) >= 11 is 12.4. The van der Waals surface area contributed by atoms with Crippen molar-refractivity contribution in [3.63, 3.8) is 0 Å². The van der Waals surface area contributed by atoms with Crippen molar-refractivity contribution in [1.29, 1.82) is 0 Å². The molecule has 5 N–H and O–H groups in total. The average Bonchev–Trinajstić information content (AvgIpc) is 3.51. The van der Waals surface area contributed by atoms with Crippen LogP contribution in [0.1, 0.15) is 144 Å². The molecule has 9 atom stereocenters. The molecular weight excluding hydrogens is 802 g/mol. The zero-order valence-electron chi connectivity index (χ0n) is 34.2. The Labute approximate surface area is 352 Å². The van der Waals surface area contributed by atoms with Gasteiger partial charge in [-0.2, -0.15) is 0 Å². The maximum atomic E-state index is 13.3. The number of halogens is 2. The molecule has 13 heteroatoms. The molecule has 0 radical (unpaired) electrons. The van der Waals surface area contributed by atoms with E-state index in [2.05, 4.69) is 40.7 Å². The lowest BCUT2D eigenvalue weighted by atomic mass is 9.47. The van der Waals surface area contributed by atoms with E-state index in [0.717, 1.165) is 48.6 Å². The number of phosphoric ester groups is 1. The molecule has 0 aromatic heterocycles. The summed E-state index contributed by atoms with van der Waals surface area (Å²) in [7, 11) is -4.51. The molecule has 0 saturated heterocycles. The van der Waals surface area contributed by atoms with Gasteiger partial charge in [0, 0.05) is 0 Å². The fraction of sp³-hybridized carbons (Fsp3) is 0.600. The summed E-state index contributed by atoms with van der Waals surface area (Å²) in [4.78, 5) is 34.6. The van der Waals surface area contributed by atoms with Crippen molar-refractivity contribution in [2.45, 2.75) is 118 Å². The Bertz CT molecular complexity index is 1940. The molecule has 0 heterocycles. The maximum absolute atomic E-state index is 13.3. The molecule has 0 bridgehead atoms. The Morgan fingerprint density at radius 3 is 2.10 bits per heavy atom. The summed E-state index contributed by atoms with van der Waals surface area (Å²) in [5, 5.41) is 39.3. The van der Waals surface area contributed by atoms with Crippen molar-refractivity contribution in [3.05, 3.63) is 74.3 Å². The van der Waals surface area contributed by atoms with E-state index in [1.54, 1.807) is 0 Å². The number of fused-ring (bicyclic) bond motifs is 5. The van der Waals surface area contributed by atoms with E-state index in [-0.39, 0.29) is 45.2 Å². The topological polar surface area (TPSA) is 171 Å². The van der Waals surface area contributed by atoms with Crippen molar-refractivity contribution in [1.82, 2.24) is 0 Å². The van der Waals surface area contributed by atoms with Crippen LogP contribution in [0.2, 0.25) is 10.0 Å². The number of hydrogen-bond acceptors (Lipinski definition) is 7. The van der Waals surface area contributed by atoms with Gasteiger partial charge in [0.2, 0.25) is 0 Å². The van der Waals surface area contributed by atoms with Crippen LogP contribution in [0.25, 0.3) is 5.57 Å². The number of rotatable bonds is 15. The first-order chi connectivity index (χ1) is 27.3. The van der Waals surface area contributed by atoms with Gasteiger partial charge >= 0.3 is 19.8 Å². The van der Waals surface area contributed by atoms with Crippen LogP contribution in [0.4, 0.5) is 0 Å². The number of carbonyl (C=O) groups is 2. The summed E-state index contributed by atoms with van der Waals surface area (Å²) in [5.74, 6) is 0.112. The van der Waals surface area contributed by atoms with Crippen LogP contribution in [0.5, 0.6) is 11.5 Å². The normalized spacial score (nSPS) is 29.4. The highest BCUT2D eigenvalue weighted by Gasteiger charge is 2.59. The summed E-state index contributed by atoms with van der Waals surface area (Å²) in [6, 6.07) is 4.90. The molecule has 6 rings (SSSR count). The van der Waals surface area contributed by atoms with Crippen LogP contribution < -0.4 is 0 Å². The van der Waals surface area contributed by atoms with Crippen molar-refractivity contribution in [3.8, 4) is 11.5 Å². The number of carboxylic acids is 2. The number of phenols is 2. The third kappa shape index (κ3) is 9.08. The average molecular weight is 862 g/mol. The fourth-order valence-electron chi connectivity index (χ4n) is 11.6. The third-order valence-corrected chi connectivity index (χ3v) is 16.1. The number of allylic oxidation sites excluding steroid dienone is 1. The SMILES string of the molecule is CC(C)CCCC(C)C1CCC2C3CC=C4CC(OP(=O)(O)OCCC=C(c5cc(Cl)c(O)c(C(=O)O)c5)c5cc(Cl)c(O)c(C(=O)O)c5)CCC4(C)C3CCC12C. The second kappa shape index (κ2) is 17.6. The van der Waals surface area contributed by atoms with E-state index in [1.807, 2.05) is 0 Å². The molecule has 2 aromatic carbocycles. The van der Waals surface area contributed by atoms with Crippen molar-refractivity contribution in [2.75, 3.05) is 6.61 Å². The molecule has 0 amide bonds. The van der Waals surface area contributed by atoms with E-state index in [9.17, 15) is 39.5 Å². The maximum Gasteiger partial charge on any atom is 0.472 e. The highest BCUT2D eigenvalue weighted by molar-refractivity contribution is 7.47. The predicted octanol–water partition coefficient (Wildman–Crippen LogP) is 12.2. The molecule has 2 aromatic rings. The van der Waals surface area contributed by atoms with Gasteiger partial charge in [0.05, 0.1) is 22.8 Å². The summed E-state index contributed by atoms with van der Waals surface area (Å²) in [6.45, 7) is 11.9. The zero-order valence-corrected chi connectivity index (χ0v) is 36.6. The van der Waals surface area contributed by atoms with Crippen LogP contribution in [-0.2, 0) is 13.6 Å². The Morgan fingerprint density at radius 2 is 1.52 bits per heavy atom. The molecule has 4 aliphatic rings. The van der Waals surface area contributed by atoms with Crippen LogP contribution >= 0.6 is 31.0 Å². The summed E-state index contributed by atoms with van der Waals surface area (Å²) in [5.41, 5.74) is 1.36. The van der Waals surface area contributed by atoms with E-state index >= 15 is 0 Å². The van der Waals surface area contributed by atoms with Crippen LogP contribution in [0.15, 0.2) is 42.0 Å². The Hall–Kier alpha value is -2.85. The third-order valence-electron chi connectivity index (χ3n) is 14.5. The molecular formula is C45H59Cl2O10P. The second-order valence-electron chi connectivity index (χ2n) is 18.3. The van der Waals surface area contributed by atoms with E-state index in [0.29, 0.717) is 30.1 Å². The lowest BCUT2D eigenvalue weighted by molar-refractivity contribution is -0.0573. The monoisotopic (exact) mass is 860 g/mol.